The van der Waals surface area contributed by atoms with Crippen molar-refractivity contribution in [2.45, 2.75) is 51.1 Å². The van der Waals surface area contributed by atoms with Crippen LogP contribution in [0.1, 0.15) is 54.2 Å². The predicted octanol–water partition coefficient (Wildman–Crippen LogP) is 2.63. The number of aromatic nitrogens is 1. The second-order valence-electron chi connectivity index (χ2n) is 6.06. The van der Waals surface area contributed by atoms with Crippen LogP contribution < -0.4 is 5.32 Å². The summed E-state index contributed by atoms with van der Waals surface area (Å²) < 4.78 is 5.59. The molecule has 6 nitrogen and oxygen atoms in total. The molecule has 2 heterocycles. The Bertz CT molecular complexity index is 631. The van der Waals surface area contributed by atoms with Gasteiger partial charge in [0.15, 0.2) is 11.6 Å². The van der Waals surface area contributed by atoms with Crippen LogP contribution in [0.3, 0.4) is 0 Å². The summed E-state index contributed by atoms with van der Waals surface area (Å²) in [5.74, 6) is 4.04. The standard InChI is InChI=1S/C16H20N4O2/c1-3-4-7-16(19-20-16)8-9-17-15(21)14-11(2)18-13(22-14)10-12-5-6-12/h1,12H,4-10H2,2H3,(H,17,21). The summed E-state index contributed by atoms with van der Waals surface area (Å²) in [7, 11) is 0. The lowest BCUT2D eigenvalue weighted by atomic mass is 10.0. The van der Waals surface area contributed by atoms with Crippen molar-refractivity contribution in [2.24, 2.45) is 16.1 Å². The Kier molecular flexibility index (Phi) is 3.97. The molecule has 0 aromatic carbocycles. The van der Waals surface area contributed by atoms with Crippen LogP contribution in [0.2, 0.25) is 0 Å². The van der Waals surface area contributed by atoms with Crippen molar-refractivity contribution in [3.05, 3.63) is 17.3 Å². The van der Waals surface area contributed by atoms with Crippen LogP contribution in [0.5, 0.6) is 0 Å². The summed E-state index contributed by atoms with van der Waals surface area (Å²) >= 11 is 0. The second-order valence-corrected chi connectivity index (χ2v) is 6.06. The molecular formula is C16H20N4O2. The molecule has 2 aliphatic rings. The molecule has 0 spiro atoms. The lowest BCUT2D eigenvalue weighted by Crippen LogP contribution is -2.28. The van der Waals surface area contributed by atoms with Gasteiger partial charge in [0, 0.05) is 32.2 Å². The van der Waals surface area contributed by atoms with E-state index >= 15 is 0 Å². The Labute approximate surface area is 129 Å². The van der Waals surface area contributed by atoms with Gasteiger partial charge in [-0.05, 0) is 25.7 Å². The number of hydrogen-bond acceptors (Lipinski definition) is 5. The fourth-order valence-corrected chi connectivity index (χ4v) is 2.44. The summed E-state index contributed by atoms with van der Waals surface area (Å²) in [6.45, 7) is 2.29. The highest BCUT2D eigenvalue weighted by Crippen LogP contribution is 2.36. The summed E-state index contributed by atoms with van der Waals surface area (Å²) in [5.41, 5.74) is 0.281. The number of terminal acetylenes is 1. The van der Waals surface area contributed by atoms with Crippen molar-refractivity contribution in [1.29, 1.82) is 0 Å². The Balaban J connectivity index is 1.47. The minimum atomic E-state index is -0.368. The van der Waals surface area contributed by atoms with Gasteiger partial charge in [0.2, 0.25) is 5.76 Å². The van der Waals surface area contributed by atoms with E-state index < -0.39 is 0 Å². The third-order valence-electron chi connectivity index (χ3n) is 4.07. The van der Waals surface area contributed by atoms with Gasteiger partial charge in [-0.2, -0.15) is 10.2 Å². The molecule has 6 heteroatoms. The number of aryl methyl sites for hydroxylation is 1. The van der Waals surface area contributed by atoms with Gasteiger partial charge in [0.05, 0.1) is 5.69 Å². The SMILES string of the molecule is C#CCCC1(CCNC(=O)c2oc(CC3CC3)nc2C)N=N1. The number of oxazole rings is 1. The molecule has 0 saturated heterocycles. The van der Waals surface area contributed by atoms with Crippen molar-refractivity contribution >= 4 is 5.91 Å². The molecule has 0 unspecified atom stereocenters. The minimum absolute atomic E-state index is 0.222. The summed E-state index contributed by atoms with van der Waals surface area (Å²) in [5, 5.41) is 10.9. The number of carbonyl (C=O) groups excluding carboxylic acids is 1. The van der Waals surface area contributed by atoms with E-state index in [0.717, 1.165) is 12.8 Å². The van der Waals surface area contributed by atoms with Crippen LogP contribution in [0.4, 0.5) is 0 Å². The van der Waals surface area contributed by atoms with Gasteiger partial charge in [-0.1, -0.05) is 0 Å². The highest BCUT2D eigenvalue weighted by Gasteiger charge is 2.38. The smallest absolute Gasteiger partial charge is 0.289 e. The molecule has 0 atom stereocenters. The molecule has 1 fully saturated rings. The Morgan fingerprint density at radius 3 is 2.86 bits per heavy atom. The molecule has 1 aromatic heterocycles. The first-order valence-corrected chi connectivity index (χ1v) is 7.74. The maximum absolute atomic E-state index is 12.2. The average molecular weight is 300 g/mol. The van der Waals surface area contributed by atoms with Gasteiger partial charge in [-0.25, -0.2) is 4.98 Å². The minimum Gasteiger partial charge on any atom is -0.435 e. The first-order valence-electron chi connectivity index (χ1n) is 7.74. The summed E-state index contributed by atoms with van der Waals surface area (Å²) in [6.07, 6.45) is 10.6. The Morgan fingerprint density at radius 2 is 2.23 bits per heavy atom. The fourth-order valence-electron chi connectivity index (χ4n) is 2.44. The van der Waals surface area contributed by atoms with Gasteiger partial charge in [0.1, 0.15) is 0 Å². The van der Waals surface area contributed by atoms with E-state index in [1.54, 1.807) is 6.92 Å². The average Bonchev–Trinajstić information content (AvgIpc) is 3.39. The number of nitrogens with zero attached hydrogens (tertiary/aromatic N) is 3. The summed E-state index contributed by atoms with van der Waals surface area (Å²) in [4.78, 5) is 16.5. The van der Waals surface area contributed by atoms with Crippen molar-refractivity contribution < 1.29 is 9.21 Å². The Morgan fingerprint density at radius 1 is 1.45 bits per heavy atom. The third-order valence-corrected chi connectivity index (χ3v) is 4.07. The molecule has 22 heavy (non-hydrogen) atoms. The highest BCUT2D eigenvalue weighted by atomic mass is 16.4. The van der Waals surface area contributed by atoms with Gasteiger partial charge in [-0.15, -0.1) is 12.3 Å². The molecule has 116 valence electrons. The molecular weight excluding hydrogens is 280 g/mol. The molecule has 0 radical (unpaired) electrons. The van der Waals surface area contributed by atoms with E-state index in [4.69, 9.17) is 10.8 Å². The molecule has 1 N–H and O–H groups in total. The molecule has 3 rings (SSSR count). The number of amides is 1. The first-order chi connectivity index (χ1) is 10.6. The van der Waals surface area contributed by atoms with E-state index in [1.807, 2.05) is 0 Å². The normalized spacial score (nSPS) is 18.0. The van der Waals surface area contributed by atoms with E-state index in [9.17, 15) is 4.79 Å². The van der Waals surface area contributed by atoms with Gasteiger partial charge in [-0.3, -0.25) is 4.79 Å². The fraction of sp³-hybridized carbons (Fsp3) is 0.625. The summed E-state index contributed by atoms with van der Waals surface area (Å²) in [6, 6.07) is 0. The van der Waals surface area contributed by atoms with Crippen LogP contribution in [0, 0.1) is 25.2 Å². The topological polar surface area (TPSA) is 79.9 Å². The second kappa shape index (κ2) is 5.91. The zero-order valence-corrected chi connectivity index (χ0v) is 12.8. The highest BCUT2D eigenvalue weighted by molar-refractivity contribution is 5.92. The van der Waals surface area contributed by atoms with Crippen LogP contribution in [0.15, 0.2) is 14.6 Å². The zero-order chi connectivity index (χ0) is 15.6. The lowest BCUT2D eigenvalue weighted by molar-refractivity contribution is 0.0921. The molecule has 1 aliphatic heterocycles. The van der Waals surface area contributed by atoms with Crippen LogP contribution >= 0.6 is 0 Å². The first kappa shape index (κ1) is 14.8. The largest absolute Gasteiger partial charge is 0.435 e. The van der Waals surface area contributed by atoms with Crippen molar-refractivity contribution in [3.63, 3.8) is 0 Å². The maximum Gasteiger partial charge on any atom is 0.289 e. The number of hydrogen-bond donors (Lipinski definition) is 1. The van der Waals surface area contributed by atoms with Crippen molar-refractivity contribution in [1.82, 2.24) is 10.3 Å². The zero-order valence-electron chi connectivity index (χ0n) is 12.8. The van der Waals surface area contributed by atoms with Crippen LogP contribution in [-0.2, 0) is 6.42 Å². The van der Waals surface area contributed by atoms with Crippen molar-refractivity contribution in [3.8, 4) is 12.3 Å². The van der Waals surface area contributed by atoms with E-state index in [2.05, 4.69) is 26.4 Å². The Hall–Kier alpha value is -2.16. The van der Waals surface area contributed by atoms with Gasteiger partial charge >= 0.3 is 0 Å². The van der Waals surface area contributed by atoms with E-state index in [-0.39, 0.29) is 11.6 Å². The molecule has 0 bridgehead atoms. The van der Waals surface area contributed by atoms with Crippen LogP contribution in [0.25, 0.3) is 0 Å². The number of carbonyl (C=O) groups is 1. The van der Waals surface area contributed by atoms with E-state index in [1.165, 1.54) is 12.8 Å². The van der Waals surface area contributed by atoms with Crippen molar-refractivity contribution in [2.75, 3.05) is 6.54 Å². The lowest BCUT2D eigenvalue weighted by Gasteiger charge is -2.09. The number of nitrogens with one attached hydrogen (secondary N) is 1. The third kappa shape index (κ3) is 3.53. The monoisotopic (exact) mass is 300 g/mol. The molecule has 1 saturated carbocycles. The molecule has 1 amide bonds. The number of rotatable bonds is 8. The van der Waals surface area contributed by atoms with E-state index in [0.29, 0.717) is 42.6 Å². The molecule has 1 aliphatic carbocycles. The van der Waals surface area contributed by atoms with Gasteiger partial charge < -0.3 is 9.73 Å². The molecule has 1 aromatic rings. The van der Waals surface area contributed by atoms with Gasteiger partial charge in [0.25, 0.3) is 5.91 Å². The predicted molar refractivity (Wildman–Crippen MR) is 80.3 cm³/mol. The quantitative estimate of drug-likeness (QED) is 0.749. The maximum atomic E-state index is 12.2. The van der Waals surface area contributed by atoms with Crippen LogP contribution in [-0.4, -0.2) is 23.1 Å².